The molecule has 1 fully saturated rings. The fourth-order valence-corrected chi connectivity index (χ4v) is 2.11. The number of amides is 1. The maximum atomic E-state index is 11.7. The predicted octanol–water partition coefficient (Wildman–Crippen LogP) is 1.08. The molecule has 0 radical (unpaired) electrons. The number of carbonyl (C=O) groups excluding carboxylic acids is 1. The van der Waals surface area contributed by atoms with Crippen molar-refractivity contribution in [3.05, 3.63) is 11.6 Å². The zero-order chi connectivity index (χ0) is 9.80. The first-order valence-electron chi connectivity index (χ1n) is 4.77. The van der Waals surface area contributed by atoms with E-state index in [0.29, 0.717) is 5.13 Å². The highest BCUT2D eigenvalue weighted by atomic mass is 32.1. The van der Waals surface area contributed by atoms with Gasteiger partial charge in [-0.15, -0.1) is 11.3 Å². The molecule has 0 unspecified atom stereocenters. The van der Waals surface area contributed by atoms with Crippen LogP contribution in [0.2, 0.25) is 0 Å². The molecule has 2 heterocycles. The lowest BCUT2D eigenvalue weighted by Crippen LogP contribution is -2.34. The van der Waals surface area contributed by atoms with Crippen molar-refractivity contribution in [2.75, 3.05) is 18.4 Å². The molecule has 4 nitrogen and oxygen atoms in total. The summed E-state index contributed by atoms with van der Waals surface area (Å²) in [5.74, 6) is 0.265. The van der Waals surface area contributed by atoms with Gasteiger partial charge in [-0.2, -0.15) is 0 Å². The number of aromatic nitrogens is 1. The fourth-order valence-electron chi connectivity index (χ4n) is 1.58. The Hall–Kier alpha value is -0.940. The van der Waals surface area contributed by atoms with E-state index in [1.165, 1.54) is 11.3 Å². The van der Waals surface area contributed by atoms with Crippen molar-refractivity contribution in [1.29, 1.82) is 0 Å². The Morgan fingerprint density at radius 1 is 1.57 bits per heavy atom. The van der Waals surface area contributed by atoms with E-state index in [9.17, 15) is 4.79 Å². The molecular formula is C9H13N3OS. The van der Waals surface area contributed by atoms with Crippen molar-refractivity contribution < 1.29 is 4.79 Å². The van der Waals surface area contributed by atoms with Gasteiger partial charge < -0.3 is 10.6 Å². The average Bonchev–Trinajstić information content (AvgIpc) is 2.72. The van der Waals surface area contributed by atoms with Crippen LogP contribution in [0.5, 0.6) is 0 Å². The number of nitrogens with zero attached hydrogens (tertiary/aromatic N) is 1. The summed E-state index contributed by atoms with van der Waals surface area (Å²) in [6, 6.07) is 0. The monoisotopic (exact) mass is 211 g/mol. The van der Waals surface area contributed by atoms with Gasteiger partial charge in [-0.1, -0.05) is 0 Å². The summed E-state index contributed by atoms with van der Waals surface area (Å²) in [5, 5.41) is 8.63. The first-order chi connectivity index (χ1) is 6.86. The number of thiazole rings is 1. The van der Waals surface area contributed by atoms with Crippen molar-refractivity contribution in [3.8, 4) is 0 Å². The second-order valence-electron chi connectivity index (χ2n) is 3.35. The van der Waals surface area contributed by atoms with Crippen LogP contribution < -0.4 is 10.6 Å². The van der Waals surface area contributed by atoms with Gasteiger partial charge in [0.2, 0.25) is 5.91 Å². The van der Waals surface area contributed by atoms with Crippen LogP contribution in [0.3, 0.4) is 0 Å². The van der Waals surface area contributed by atoms with E-state index in [4.69, 9.17) is 0 Å². The molecule has 5 heteroatoms. The SMILES string of the molecule is O=C(Nc1nccs1)C1CCNCC1. The molecule has 0 bridgehead atoms. The minimum atomic E-state index is 0.112. The van der Waals surface area contributed by atoms with Crippen molar-refractivity contribution in [2.45, 2.75) is 12.8 Å². The molecule has 1 saturated heterocycles. The van der Waals surface area contributed by atoms with Crippen molar-refractivity contribution in [2.24, 2.45) is 5.92 Å². The maximum absolute atomic E-state index is 11.7. The van der Waals surface area contributed by atoms with E-state index in [1.807, 2.05) is 5.38 Å². The highest BCUT2D eigenvalue weighted by molar-refractivity contribution is 7.13. The predicted molar refractivity (Wildman–Crippen MR) is 56.3 cm³/mol. The van der Waals surface area contributed by atoms with Gasteiger partial charge in [0.05, 0.1) is 0 Å². The topological polar surface area (TPSA) is 54.0 Å². The summed E-state index contributed by atoms with van der Waals surface area (Å²) < 4.78 is 0. The van der Waals surface area contributed by atoms with Crippen LogP contribution in [0.25, 0.3) is 0 Å². The van der Waals surface area contributed by atoms with Crippen LogP contribution in [0, 0.1) is 5.92 Å². The number of piperidine rings is 1. The molecule has 0 aliphatic carbocycles. The van der Waals surface area contributed by atoms with Gasteiger partial charge in [-0.05, 0) is 25.9 Å². The van der Waals surface area contributed by atoms with E-state index < -0.39 is 0 Å². The van der Waals surface area contributed by atoms with Gasteiger partial charge in [0.15, 0.2) is 5.13 Å². The highest BCUT2D eigenvalue weighted by Crippen LogP contribution is 2.16. The lowest BCUT2D eigenvalue weighted by Gasteiger charge is -2.20. The Balaban J connectivity index is 1.88. The Kier molecular flexibility index (Phi) is 3.10. The summed E-state index contributed by atoms with van der Waals surface area (Å²) in [7, 11) is 0. The third kappa shape index (κ3) is 2.30. The molecule has 1 aromatic rings. The molecule has 0 atom stereocenters. The van der Waals surface area contributed by atoms with E-state index >= 15 is 0 Å². The van der Waals surface area contributed by atoms with E-state index in [1.54, 1.807) is 6.20 Å². The Morgan fingerprint density at radius 3 is 3.00 bits per heavy atom. The van der Waals surface area contributed by atoms with Crippen LogP contribution in [0.4, 0.5) is 5.13 Å². The third-order valence-corrected chi connectivity index (χ3v) is 3.06. The highest BCUT2D eigenvalue weighted by Gasteiger charge is 2.21. The Morgan fingerprint density at radius 2 is 2.36 bits per heavy atom. The molecule has 14 heavy (non-hydrogen) atoms. The maximum Gasteiger partial charge on any atom is 0.229 e. The largest absolute Gasteiger partial charge is 0.317 e. The van der Waals surface area contributed by atoms with E-state index in [0.717, 1.165) is 25.9 Å². The van der Waals surface area contributed by atoms with Gasteiger partial charge in [0.1, 0.15) is 0 Å². The standard InChI is InChI=1S/C9H13N3OS/c13-8(7-1-3-10-4-2-7)12-9-11-5-6-14-9/h5-7,10H,1-4H2,(H,11,12,13). The average molecular weight is 211 g/mol. The smallest absolute Gasteiger partial charge is 0.229 e. The summed E-state index contributed by atoms with van der Waals surface area (Å²) in [6.45, 7) is 1.88. The molecular weight excluding hydrogens is 198 g/mol. The number of hydrogen-bond donors (Lipinski definition) is 2. The molecule has 2 rings (SSSR count). The number of anilines is 1. The summed E-state index contributed by atoms with van der Waals surface area (Å²) in [5.41, 5.74) is 0. The lowest BCUT2D eigenvalue weighted by molar-refractivity contribution is -0.120. The van der Waals surface area contributed by atoms with Crippen LogP contribution in [0.1, 0.15) is 12.8 Å². The number of hydrogen-bond acceptors (Lipinski definition) is 4. The van der Waals surface area contributed by atoms with E-state index in [2.05, 4.69) is 15.6 Å². The van der Waals surface area contributed by atoms with E-state index in [-0.39, 0.29) is 11.8 Å². The second kappa shape index (κ2) is 4.52. The minimum absolute atomic E-state index is 0.112. The van der Waals surface area contributed by atoms with Gasteiger partial charge in [0.25, 0.3) is 0 Å². The van der Waals surface area contributed by atoms with Gasteiger partial charge in [0, 0.05) is 17.5 Å². The molecule has 1 aromatic heterocycles. The zero-order valence-corrected chi connectivity index (χ0v) is 8.64. The number of nitrogens with one attached hydrogen (secondary N) is 2. The number of rotatable bonds is 2. The van der Waals surface area contributed by atoms with Crippen LogP contribution in [-0.2, 0) is 4.79 Å². The quantitative estimate of drug-likeness (QED) is 0.769. The molecule has 1 aliphatic rings. The Bertz CT molecular complexity index is 293. The zero-order valence-electron chi connectivity index (χ0n) is 7.82. The van der Waals surface area contributed by atoms with Gasteiger partial charge in [-0.25, -0.2) is 4.98 Å². The van der Waals surface area contributed by atoms with Crippen LogP contribution in [0.15, 0.2) is 11.6 Å². The fraction of sp³-hybridized carbons (Fsp3) is 0.556. The third-order valence-electron chi connectivity index (χ3n) is 2.37. The van der Waals surface area contributed by atoms with Crippen LogP contribution >= 0.6 is 11.3 Å². The Labute approximate surface area is 86.7 Å². The summed E-state index contributed by atoms with van der Waals surface area (Å²) >= 11 is 1.46. The molecule has 2 N–H and O–H groups in total. The van der Waals surface area contributed by atoms with Gasteiger partial charge >= 0.3 is 0 Å². The molecule has 0 aromatic carbocycles. The molecule has 1 aliphatic heterocycles. The lowest BCUT2D eigenvalue weighted by atomic mass is 9.97. The van der Waals surface area contributed by atoms with Gasteiger partial charge in [-0.3, -0.25) is 4.79 Å². The molecule has 0 saturated carbocycles. The number of carbonyl (C=O) groups is 1. The minimum Gasteiger partial charge on any atom is -0.317 e. The molecule has 76 valence electrons. The normalized spacial score (nSPS) is 18.0. The first kappa shape index (κ1) is 9.61. The summed E-state index contributed by atoms with van der Waals surface area (Å²) in [4.78, 5) is 15.7. The van der Waals surface area contributed by atoms with Crippen molar-refractivity contribution in [1.82, 2.24) is 10.3 Å². The summed E-state index contributed by atoms with van der Waals surface area (Å²) in [6.07, 6.45) is 3.55. The van der Waals surface area contributed by atoms with Crippen molar-refractivity contribution >= 4 is 22.4 Å². The van der Waals surface area contributed by atoms with Crippen LogP contribution in [-0.4, -0.2) is 24.0 Å². The second-order valence-corrected chi connectivity index (χ2v) is 4.25. The van der Waals surface area contributed by atoms with Crippen molar-refractivity contribution in [3.63, 3.8) is 0 Å². The molecule has 0 spiro atoms. The molecule has 1 amide bonds. The first-order valence-corrected chi connectivity index (χ1v) is 5.65.